The van der Waals surface area contributed by atoms with Gasteiger partial charge in [0.05, 0.1) is 5.66 Å². The highest BCUT2D eigenvalue weighted by molar-refractivity contribution is 5.99. The van der Waals surface area contributed by atoms with Crippen LogP contribution in [-0.4, -0.2) is 0 Å². The fourth-order valence-electron chi connectivity index (χ4n) is 3.67. The van der Waals surface area contributed by atoms with E-state index in [1.54, 1.807) is 0 Å². The van der Waals surface area contributed by atoms with E-state index >= 15 is 0 Å². The van der Waals surface area contributed by atoms with Crippen LogP contribution in [-0.2, 0) is 5.66 Å². The second-order valence-corrected chi connectivity index (χ2v) is 7.22. The van der Waals surface area contributed by atoms with Gasteiger partial charge in [-0.25, -0.2) is 0 Å². The van der Waals surface area contributed by atoms with Gasteiger partial charge >= 0.3 is 0 Å². The highest BCUT2D eigenvalue weighted by atomic mass is 15.0. The molecule has 120 valence electrons. The number of fused-ring (bicyclic) bond motifs is 2. The van der Waals surface area contributed by atoms with Crippen LogP contribution in [0.15, 0.2) is 72.8 Å². The van der Waals surface area contributed by atoms with Gasteiger partial charge in [-0.15, -0.1) is 0 Å². The monoisotopic (exact) mass is 314 g/mol. The Morgan fingerprint density at radius 3 is 2.17 bits per heavy atom. The summed E-state index contributed by atoms with van der Waals surface area (Å²) < 4.78 is 0. The van der Waals surface area contributed by atoms with Crippen LogP contribution in [0.1, 0.15) is 30.5 Å². The summed E-state index contributed by atoms with van der Waals surface area (Å²) in [6.45, 7) is 4.21. The van der Waals surface area contributed by atoms with Crippen LogP contribution in [0, 0.1) is 5.41 Å². The molecule has 0 spiro atoms. The minimum Gasteiger partial charge on any atom is -0.309 e. The molecule has 2 nitrogen and oxygen atoms in total. The van der Waals surface area contributed by atoms with Crippen molar-refractivity contribution in [3.8, 4) is 0 Å². The molecular formula is C22H22N2. The Hall–Kier alpha value is -2.42. The Labute approximate surface area is 142 Å². The van der Waals surface area contributed by atoms with Crippen molar-refractivity contribution in [3.63, 3.8) is 0 Å². The van der Waals surface area contributed by atoms with Crippen LogP contribution in [0.3, 0.4) is 0 Å². The number of hydrogen-bond donors (Lipinski definition) is 2. The summed E-state index contributed by atoms with van der Waals surface area (Å²) >= 11 is 0. The molecule has 0 amide bonds. The van der Waals surface area contributed by atoms with Crippen molar-refractivity contribution in [1.82, 2.24) is 0 Å². The predicted molar refractivity (Wildman–Crippen MR) is 101 cm³/mol. The Kier molecular flexibility index (Phi) is 3.17. The molecule has 0 saturated heterocycles. The van der Waals surface area contributed by atoms with Crippen LogP contribution in [0.2, 0.25) is 0 Å². The molecule has 4 N–H and O–H groups in total. The lowest BCUT2D eigenvalue weighted by Gasteiger charge is -2.44. The Morgan fingerprint density at radius 1 is 0.708 bits per heavy atom. The molecule has 2 heteroatoms. The first-order valence-electron chi connectivity index (χ1n) is 8.30. The van der Waals surface area contributed by atoms with E-state index in [0.717, 1.165) is 11.1 Å². The lowest BCUT2D eigenvalue weighted by atomic mass is 9.67. The first-order chi connectivity index (χ1) is 11.4. The largest absolute Gasteiger partial charge is 0.309 e. The van der Waals surface area contributed by atoms with Gasteiger partial charge in [-0.1, -0.05) is 86.7 Å². The van der Waals surface area contributed by atoms with E-state index in [0.29, 0.717) is 0 Å². The van der Waals surface area contributed by atoms with Gasteiger partial charge in [0.15, 0.2) is 0 Å². The van der Waals surface area contributed by atoms with E-state index in [-0.39, 0.29) is 5.41 Å². The highest BCUT2D eigenvalue weighted by Gasteiger charge is 2.43. The molecule has 0 unspecified atom stereocenters. The van der Waals surface area contributed by atoms with Crippen molar-refractivity contribution in [2.24, 2.45) is 16.9 Å². The first-order valence-corrected chi connectivity index (χ1v) is 8.30. The second kappa shape index (κ2) is 5.04. The smallest absolute Gasteiger partial charge is 0.0993 e. The fraction of sp³-hybridized carbons (Fsp3) is 0.182. The summed E-state index contributed by atoms with van der Waals surface area (Å²) in [5.74, 6) is 0. The molecule has 0 aliphatic heterocycles. The van der Waals surface area contributed by atoms with E-state index in [4.69, 9.17) is 11.5 Å². The molecular weight excluding hydrogens is 292 g/mol. The maximum atomic E-state index is 6.55. The minimum atomic E-state index is -0.891. The summed E-state index contributed by atoms with van der Waals surface area (Å²) in [5.41, 5.74) is 16.4. The summed E-state index contributed by atoms with van der Waals surface area (Å²) in [5, 5.41) is 2.49. The molecule has 0 atom stereocenters. The van der Waals surface area contributed by atoms with Gasteiger partial charge in [0.2, 0.25) is 0 Å². The number of benzene rings is 3. The summed E-state index contributed by atoms with van der Waals surface area (Å²) in [6, 6.07) is 23.1. The Bertz CT molecular complexity index is 959. The molecule has 0 fully saturated rings. The van der Waals surface area contributed by atoms with Crippen LogP contribution in [0.4, 0.5) is 0 Å². The minimum absolute atomic E-state index is 0.354. The lowest BCUT2D eigenvalue weighted by molar-refractivity contribution is 0.230. The average Bonchev–Trinajstić information content (AvgIpc) is 2.58. The maximum absolute atomic E-state index is 6.55. The van der Waals surface area contributed by atoms with E-state index in [2.05, 4.69) is 74.5 Å². The highest BCUT2D eigenvalue weighted by Crippen LogP contribution is 2.46. The summed E-state index contributed by atoms with van der Waals surface area (Å²) in [7, 11) is 0. The zero-order chi connectivity index (χ0) is 16.9. The van der Waals surface area contributed by atoms with E-state index < -0.39 is 5.66 Å². The fourth-order valence-corrected chi connectivity index (χ4v) is 3.67. The van der Waals surface area contributed by atoms with Crippen molar-refractivity contribution in [2.75, 3.05) is 0 Å². The first kappa shape index (κ1) is 15.1. The lowest BCUT2D eigenvalue weighted by Crippen LogP contribution is -2.58. The topological polar surface area (TPSA) is 52.0 Å². The summed E-state index contributed by atoms with van der Waals surface area (Å²) in [6.07, 6.45) is 2.23. The average molecular weight is 314 g/mol. The predicted octanol–water partition coefficient (Wildman–Crippen LogP) is 4.38. The van der Waals surface area contributed by atoms with Crippen molar-refractivity contribution in [3.05, 3.63) is 89.5 Å². The molecule has 24 heavy (non-hydrogen) atoms. The van der Waals surface area contributed by atoms with Gasteiger partial charge < -0.3 is 11.5 Å². The Balaban J connectivity index is 2.06. The molecule has 1 aliphatic rings. The van der Waals surface area contributed by atoms with E-state index in [1.165, 1.54) is 21.9 Å². The van der Waals surface area contributed by atoms with E-state index in [1.807, 2.05) is 12.1 Å². The van der Waals surface area contributed by atoms with Gasteiger partial charge in [0.1, 0.15) is 0 Å². The van der Waals surface area contributed by atoms with Crippen LogP contribution < -0.4 is 11.5 Å². The second-order valence-electron chi connectivity index (χ2n) is 7.22. The summed E-state index contributed by atoms with van der Waals surface area (Å²) in [4.78, 5) is 0. The Morgan fingerprint density at radius 2 is 1.33 bits per heavy atom. The third-order valence-electron chi connectivity index (χ3n) is 5.31. The van der Waals surface area contributed by atoms with Gasteiger partial charge in [-0.3, -0.25) is 0 Å². The number of rotatable bonds is 1. The van der Waals surface area contributed by atoms with E-state index in [9.17, 15) is 0 Å². The van der Waals surface area contributed by atoms with Gasteiger partial charge in [0.25, 0.3) is 0 Å². The van der Waals surface area contributed by atoms with Crippen molar-refractivity contribution < 1.29 is 0 Å². The molecule has 0 saturated carbocycles. The standard InChI is InChI=1S/C22H22N2/c1-21(2)14-19(18-11-5-6-13-20(18)22(21,23)24)17-12-7-9-15-8-3-4-10-16(15)17/h3-14H,23-24H2,1-2H3. The molecule has 3 aromatic rings. The zero-order valence-corrected chi connectivity index (χ0v) is 14.1. The van der Waals surface area contributed by atoms with Crippen molar-refractivity contribution >= 4 is 16.3 Å². The molecule has 4 rings (SSSR count). The molecule has 1 aliphatic carbocycles. The van der Waals surface area contributed by atoms with Crippen LogP contribution >= 0.6 is 0 Å². The van der Waals surface area contributed by atoms with Crippen LogP contribution in [0.25, 0.3) is 16.3 Å². The SMILES string of the molecule is CC1(C)C=C(c2cccc3ccccc23)c2ccccc2C1(N)N. The third kappa shape index (κ3) is 2.04. The quantitative estimate of drug-likeness (QED) is 0.655. The van der Waals surface area contributed by atoms with Gasteiger partial charge in [-0.2, -0.15) is 0 Å². The number of nitrogens with two attached hydrogens (primary N) is 2. The zero-order valence-electron chi connectivity index (χ0n) is 14.1. The van der Waals surface area contributed by atoms with Gasteiger partial charge in [0, 0.05) is 5.41 Å². The normalized spacial score (nSPS) is 18.1. The molecule has 0 bridgehead atoms. The van der Waals surface area contributed by atoms with Crippen molar-refractivity contribution in [1.29, 1.82) is 0 Å². The van der Waals surface area contributed by atoms with Gasteiger partial charge in [-0.05, 0) is 33.0 Å². The third-order valence-corrected chi connectivity index (χ3v) is 5.31. The molecule has 3 aromatic carbocycles. The van der Waals surface area contributed by atoms with Crippen LogP contribution in [0.5, 0.6) is 0 Å². The molecule has 0 radical (unpaired) electrons. The van der Waals surface area contributed by atoms with Crippen molar-refractivity contribution in [2.45, 2.75) is 19.5 Å². The molecule has 0 heterocycles. The number of hydrogen-bond acceptors (Lipinski definition) is 2. The maximum Gasteiger partial charge on any atom is 0.0993 e. The molecule has 0 aromatic heterocycles.